The van der Waals surface area contributed by atoms with E-state index in [2.05, 4.69) is 20.7 Å². The Kier molecular flexibility index (Phi) is 20.9. The lowest BCUT2D eigenvalue weighted by atomic mass is 9.80. The van der Waals surface area contributed by atoms with Gasteiger partial charge in [-0.3, -0.25) is 14.5 Å². The van der Waals surface area contributed by atoms with Crippen LogP contribution in [0, 0.1) is 5.92 Å². The first kappa shape index (κ1) is 61.4. The molecule has 0 spiro atoms. The second-order valence-corrected chi connectivity index (χ2v) is 22.6. The fourth-order valence-corrected chi connectivity index (χ4v) is 11.5. The summed E-state index contributed by atoms with van der Waals surface area (Å²) in [6.07, 6.45) is -10.6. The van der Waals surface area contributed by atoms with Gasteiger partial charge in [-0.05, 0) is 47.6 Å². The zero-order chi connectivity index (χ0) is 59.3. The number of ether oxygens (including phenoxy) is 9. The molecule has 450 valence electrons. The van der Waals surface area contributed by atoms with Crippen molar-refractivity contribution in [1.82, 2.24) is 25.6 Å². The van der Waals surface area contributed by atoms with Crippen LogP contribution in [-0.2, 0) is 72.5 Å². The number of carbonyl (C=O) groups excluding carboxylic acids is 5. The molecule has 84 heavy (non-hydrogen) atoms. The zero-order valence-corrected chi connectivity index (χ0v) is 46.8. The monoisotopic (exact) mass is 1180 g/mol. The Bertz CT molecular complexity index is 3020. The molecule has 4 aromatic carbocycles. The van der Waals surface area contributed by atoms with E-state index in [4.69, 9.17) is 42.6 Å². The first-order valence-corrected chi connectivity index (χ1v) is 29.3. The summed E-state index contributed by atoms with van der Waals surface area (Å²) in [4.78, 5) is 66.5. The van der Waals surface area contributed by atoms with Gasteiger partial charge in [-0.25, -0.2) is 27.5 Å². The van der Waals surface area contributed by atoms with Gasteiger partial charge in [0.25, 0.3) is 11.8 Å². The number of carbonyl (C=O) groups is 5. The first-order chi connectivity index (χ1) is 40.6. The number of sulfonamides is 1. The Labute approximate surface area is 485 Å². The highest BCUT2D eigenvalue weighted by molar-refractivity contribution is 7.89. The minimum atomic E-state index is -4.39. The number of nitrogens with one attached hydrogen (secondary N) is 4. The number of benzene rings is 4. The molecule has 9 rings (SSSR count). The highest BCUT2D eigenvalue weighted by atomic mass is 32.2. The summed E-state index contributed by atoms with van der Waals surface area (Å²) < 4.78 is 85.1. The number of aliphatic hydroxyl groups is 3. The Hall–Kier alpha value is -7.14. The van der Waals surface area contributed by atoms with Crippen molar-refractivity contribution in [2.24, 2.45) is 5.92 Å². The van der Waals surface area contributed by atoms with Crippen LogP contribution in [0.4, 0.5) is 14.4 Å². The van der Waals surface area contributed by atoms with E-state index < -0.39 is 151 Å². The van der Waals surface area contributed by atoms with Crippen LogP contribution < -0.4 is 20.7 Å². The van der Waals surface area contributed by atoms with Crippen molar-refractivity contribution in [2.75, 3.05) is 25.4 Å². The average molecular weight is 1180 g/mol. The predicted molar refractivity (Wildman–Crippen MR) is 296 cm³/mol. The van der Waals surface area contributed by atoms with Crippen molar-refractivity contribution in [3.63, 3.8) is 0 Å². The molecule has 7 N–H and O–H groups in total. The SMILES string of the molecule is CCC1C=CC(NC(=O)OCc2ccccc2)C(OC2C(C)CC(NS(=O)(=O)CCN3C(=O)c4ccccc4C3=O)C(O)C2OC2OC(CO)C(OC3OC(CNC(=O)OCc4ccccc4)C=CC3NC(=O)OCc3ccccc3)C2O)O1. The highest BCUT2D eigenvalue weighted by Gasteiger charge is 2.53. The maximum absolute atomic E-state index is 13.9. The van der Waals surface area contributed by atoms with Gasteiger partial charge in [0.15, 0.2) is 18.9 Å². The van der Waals surface area contributed by atoms with E-state index in [9.17, 15) is 47.7 Å². The number of fused-ring (bicyclic) bond motifs is 1. The molecule has 1 saturated heterocycles. The van der Waals surface area contributed by atoms with E-state index in [0.29, 0.717) is 12.0 Å². The summed E-state index contributed by atoms with van der Waals surface area (Å²) in [6, 6.07) is 29.7. The van der Waals surface area contributed by atoms with E-state index in [1.807, 2.05) is 25.1 Å². The van der Waals surface area contributed by atoms with Crippen LogP contribution in [0.5, 0.6) is 0 Å². The van der Waals surface area contributed by atoms with Gasteiger partial charge in [-0.1, -0.05) is 141 Å². The number of nitrogens with zero attached hydrogens (tertiary/aromatic N) is 1. The van der Waals surface area contributed by atoms with E-state index in [-0.39, 0.29) is 43.9 Å². The lowest BCUT2D eigenvalue weighted by Gasteiger charge is -2.46. The molecular formula is C59H69N5O19S. The van der Waals surface area contributed by atoms with Crippen LogP contribution in [0.2, 0.25) is 0 Å². The third-order valence-corrected chi connectivity index (χ3v) is 16.1. The second-order valence-electron chi connectivity index (χ2n) is 20.7. The number of imide groups is 1. The number of rotatable bonds is 23. The number of alkyl carbamates (subject to hydrolysis) is 3. The summed E-state index contributed by atoms with van der Waals surface area (Å²) in [7, 11) is -4.39. The van der Waals surface area contributed by atoms with Crippen molar-refractivity contribution < 1.29 is 90.3 Å². The molecular weight excluding hydrogens is 1110 g/mol. The van der Waals surface area contributed by atoms with Crippen molar-refractivity contribution in [2.45, 2.75) is 132 Å². The van der Waals surface area contributed by atoms with Crippen LogP contribution in [0.1, 0.15) is 64.1 Å². The molecule has 0 radical (unpaired) electrons. The number of hydrogen-bond acceptors (Lipinski definition) is 19. The van der Waals surface area contributed by atoms with Gasteiger partial charge in [0.2, 0.25) is 10.0 Å². The van der Waals surface area contributed by atoms with Crippen molar-refractivity contribution in [3.8, 4) is 0 Å². The van der Waals surface area contributed by atoms with E-state index in [1.165, 1.54) is 12.1 Å². The molecule has 15 atom stereocenters. The lowest BCUT2D eigenvalue weighted by molar-refractivity contribution is -0.287. The summed E-state index contributed by atoms with van der Waals surface area (Å²) in [6.45, 7) is 2.04. The maximum atomic E-state index is 13.9. The molecule has 0 bridgehead atoms. The topological polar surface area (TPSA) is 315 Å². The van der Waals surface area contributed by atoms with Gasteiger partial charge in [0.1, 0.15) is 56.3 Å². The minimum absolute atomic E-state index is 0.00187. The molecule has 5 amide bonds. The highest BCUT2D eigenvalue weighted by Crippen LogP contribution is 2.37. The van der Waals surface area contributed by atoms with E-state index >= 15 is 0 Å². The molecule has 25 heteroatoms. The van der Waals surface area contributed by atoms with E-state index in [0.717, 1.165) is 16.0 Å². The zero-order valence-electron chi connectivity index (χ0n) is 46.0. The lowest BCUT2D eigenvalue weighted by Crippen LogP contribution is -2.63. The summed E-state index contributed by atoms with van der Waals surface area (Å²) in [5.74, 6) is -2.75. The van der Waals surface area contributed by atoms with Gasteiger partial charge >= 0.3 is 18.3 Å². The van der Waals surface area contributed by atoms with Crippen LogP contribution >= 0.6 is 0 Å². The summed E-state index contributed by atoms with van der Waals surface area (Å²) in [5.41, 5.74) is 2.49. The predicted octanol–water partition coefficient (Wildman–Crippen LogP) is 3.69. The molecule has 1 aliphatic carbocycles. The molecule has 0 aromatic heterocycles. The van der Waals surface area contributed by atoms with Crippen LogP contribution in [0.15, 0.2) is 140 Å². The molecule has 5 aliphatic rings. The van der Waals surface area contributed by atoms with Crippen molar-refractivity contribution >= 4 is 40.1 Å². The smallest absolute Gasteiger partial charge is 0.408 e. The van der Waals surface area contributed by atoms with Crippen LogP contribution in [-0.4, -0.2) is 170 Å². The Balaban J connectivity index is 0.928. The molecule has 1 saturated carbocycles. The summed E-state index contributed by atoms with van der Waals surface area (Å²) in [5, 5.41) is 43.5. The van der Waals surface area contributed by atoms with E-state index in [1.54, 1.807) is 116 Å². The third kappa shape index (κ3) is 15.8. The molecule has 4 heterocycles. The standard InChI is InChI=1S/C59H69N5O19S/c1-3-39-23-25-43(61-58(71)76-33-37-17-9-5-10-18-37)54(78-39)81-49-35(2)29-45(63-84(73,74)28-27-64-52(68)41-21-13-14-22-42(41)53(64)69)47(66)51(49)83-56-48(67)50(46(31-65)80-56)82-55-44(62-59(72)77-34-38-19-11-6-12-20-38)26-24-40(79-55)30-60-57(70)75-32-36-15-7-4-8-16-36/h4-26,35,39-40,43-51,54-56,63,65-67H,3,27-34H2,1-2H3,(H,60,70)(H,61,71)(H,62,72). The Morgan fingerprint density at radius 1 is 0.607 bits per heavy atom. The van der Waals surface area contributed by atoms with Crippen LogP contribution in [0.25, 0.3) is 0 Å². The van der Waals surface area contributed by atoms with Crippen molar-refractivity contribution in [1.29, 1.82) is 0 Å². The third-order valence-electron chi connectivity index (χ3n) is 14.7. The molecule has 2 fully saturated rings. The van der Waals surface area contributed by atoms with Gasteiger partial charge in [0.05, 0.1) is 60.5 Å². The fraction of sp³-hybridized carbons (Fsp3) is 0.441. The quantitative estimate of drug-likeness (QED) is 0.0316. The Morgan fingerprint density at radius 3 is 1.61 bits per heavy atom. The molecule has 15 unspecified atom stereocenters. The van der Waals surface area contributed by atoms with Crippen LogP contribution in [0.3, 0.4) is 0 Å². The maximum Gasteiger partial charge on any atom is 0.408 e. The van der Waals surface area contributed by atoms with Gasteiger partial charge in [-0.2, -0.15) is 0 Å². The fourth-order valence-electron chi connectivity index (χ4n) is 10.3. The van der Waals surface area contributed by atoms with Gasteiger partial charge in [0, 0.05) is 6.54 Å². The average Bonchev–Trinajstić information content (AvgIpc) is 3.92. The Morgan fingerprint density at radius 2 is 1.08 bits per heavy atom. The molecule has 4 aliphatic heterocycles. The number of hydrogen-bond donors (Lipinski definition) is 7. The normalized spacial score (nSPS) is 29.2. The number of amides is 5. The number of aliphatic hydroxyl groups excluding tert-OH is 3. The van der Waals surface area contributed by atoms with Gasteiger partial charge in [-0.15, -0.1) is 0 Å². The molecule has 4 aromatic rings. The molecule has 24 nitrogen and oxygen atoms in total. The largest absolute Gasteiger partial charge is 0.445 e. The second kappa shape index (κ2) is 28.6. The van der Waals surface area contributed by atoms with Gasteiger partial charge < -0.3 is 73.9 Å². The summed E-state index contributed by atoms with van der Waals surface area (Å²) >= 11 is 0. The van der Waals surface area contributed by atoms with Crippen molar-refractivity contribution in [3.05, 3.63) is 167 Å². The first-order valence-electron chi connectivity index (χ1n) is 27.7. The minimum Gasteiger partial charge on any atom is -0.445 e.